The summed E-state index contributed by atoms with van der Waals surface area (Å²) in [4.78, 5) is 13.5. The van der Waals surface area contributed by atoms with Crippen molar-refractivity contribution in [2.45, 2.75) is 40.3 Å². The van der Waals surface area contributed by atoms with E-state index >= 15 is 0 Å². The van der Waals surface area contributed by atoms with E-state index in [4.69, 9.17) is 4.74 Å². The van der Waals surface area contributed by atoms with Gasteiger partial charge in [-0.25, -0.2) is 0 Å². The molecule has 1 fully saturated rings. The molecule has 1 unspecified atom stereocenters. The van der Waals surface area contributed by atoms with Crippen molar-refractivity contribution in [3.63, 3.8) is 0 Å². The van der Waals surface area contributed by atoms with Crippen LogP contribution in [-0.4, -0.2) is 30.2 Å². The first-order valence-corrected chi connectivity index (χ1v) is 4.81. The maximum Gasteiger partial charge on any atom is 0.225 e. The second-order valence-electron chi connectivity index (χ2n) is 4.79. The van der Waals surface area contributed by atoms with Crippen LogP contribution in [0.1, 0.15) is 34.1 Å². The second kappa shape index (κ2) is 3.66. The Bertz CT molecular complexity index is 196. The molecule has 0 bridgehead atoms. The van der Waals surface area contributed by atoms with Crippen LogP contribution in [-0.2, 0) is 9.53 Å². The highest BCUT2D eigenvalue weighted by Crippen LogP contribution is 2.22. The first kappa shape index (κ1) is 10.5. The molecule has 1 aliphatic rings. The Kier molecular flexibility index (Phi) is 2.96. The van der Waals surface area contributed by atoms with Gasteiger partial charge in [-0.3, -0.25) is 4.79 Å². The van der Waals surface area contributed by atoms with E-state index in [1.807, 2.05) is 11.8 Å². The van der Waals surface area contributed by atoms with Crippen molar-refractivity contribution >= 4 is 5.91 Å². The number of nitrogens with zero attached hydrogens (tertiary/aromatic N) is 1. The van der Waals surface area contributed by atoms with Crippen LogP contribution in [0.15, 0.2) is 0 Å². The highest BCUT2D eigenvalue weighted by Gasteiger charge is 2.28. The lowest BCUT2D eigenvalue weighted by molar-refractivity contribution is -0.137. The number of ether oxygens (including phenoxy) is 1. The molecule has 76 valence electrons. The molecule has 1 aliphatic heterocycles. The summed E-state index contributed by atoms with van der Waals surface area (Å²) in [7, 11) is 0. The van der Waals surface area contributed by atoms with Crippen LogP contribution in [0.5, 0.6) is 0 Å². The molecule has 0 N–H and O–H groups in total. The fourth-order valence-electron chi connectivity index (χ4n) is 1.48. The summed E-state index contributed by atoms with van der Waals surface area (Å²) in [5.74, 6) is 0.206. The van der Waals surface area contributed by atoms with E-state index in [0.29, 0.717) is 13.0 Å². The molecule has 0 radical (unpaired) electrons. The molecule has 13 heavy (non-hydrogen) atoms. The smallest absolute Gasteiger partial charge is 0.225 e. The summed E-state index contributed by atoms with van der Waals surface area (Å²) >= 11 is 0. The lowest BCUT2D eigenvalue weighted by atomic mass is 9.91. The van der Waals surface area contributed by atoms with E-state index in [9.17, 15) is 4.79 Å². The fourth-order valence-corrected chi connectivity index (χ4v) is 1.48. The van der Waals surface area contributed by atoms with Crippen molar-refractivity contribution in [3.8, 4) is 0 Å². The Hall–Kier alpha value is -0.570. The van der Waals surface area contributed by atoms with Gasteiger partial charge >= 0.3 is 0 Å². The Balaban J connectivity index is 2.48. The standard InChI is InChI=1S/C10H19NO2/c1-8-11(5-6-13-8)9(12)7-10(2,3)4/h8H,5-7H2,1-4H3. The van der Waals surface area contributed by atoms with Gasteiger partial charge in [0.15, 0.2) is 0 Å². The maximum absolute atomic E-state index is 11.7. The van der Waals surface area contributed by atoms with E-state index < -0.39 is 0 Å². The van der Waals surface area contributed by atoms with Crippen LogP contribution in [0.3, 0.4) is 0 Å². The normalized spacial score (nSPS) is 23.7. The van der Waals surface area contributed by atoms with Gasteiger partial charge in [0, 0.05) is 13.0 Å². The number of carbonyl (C=O) groups excluding carboxylic acids is 1. The quantitative estimate of drug-likeness (QED) is 0.621. The summed E-state index contributed by atoms with van der Waals surface area (Å²) in [6.45, 7) is 9.58. The molecule has 1 rings (SSSR count). The Labute approximate surface area is 80.1 Å². The zero-order valence-corrected chi connectivity index (χ0v) is 8.96. The molecule has 0 aromatic carbocycles. The van der Waals surface area contributed by atoms with E-state index in [-0.39, 0.29) is 17.6 Å². The fraction of sp³-hybridized carbons (Fsp3) is 0.900. The zero-order valence-electron chi connectivity index (χ0n) is 8.96. The van der Waals surface area contributed by atoms with Crippen molar-refractivity contribution in [3.05, 3.63) is 0 Å². The number of rotatable bonds is 1. The third-order valence-corrected chi connectivity index (χ3v) is 2.13. The number of carbonyl (C=O) groups is 1. The summed E-state index contributed by atoms with van der Waals surface area (Å²) in [5.41, 5.74) is 0.0688. The molecule has 0 aromatic heterocycles. The van der Waals surface area contributed by atoms with Crippen LogP contribution < -0.4 is 0 Å². The zero-order chi connectivity index (χ0) is 10.1. The van der Waals surface area contributed by atoms with Crippen molar-refractivity contribution < 1.29 is 9.53 Å². The molecule has 0 aromatic rings. The highest BCUT2D eigenvalue weighted by atomic mass is 16.5. The first-order chi connectivity index (χ1) is 5.90. The lowest BCUT2D eigenvalue weighted by Gasteiger charge is -2.24. The molecule has 1 amide bonds. The summed E-state index contributed by atoms with van der Waals surface area (Å²) in [6, 6.07) is 0. The predicted octanol–water partition coefficient (Wildman–Crippen LogP) is 1.63. The summed E-state index contributed by atoms with van der Waals surface area (Å²) < 4.78 is 5.31. The molecule has 0 aliphatic carbocycles. The number of amides is 1. The van der Waals surface area contributed by atoms with Gasteiger partial charge in [0.05, 0.1) is 6.61 Å². The minimum Gasteiger partial charge on any atom is -0.357 e. The minimum absolute atomic E-state index is 0.0325. The molecule has 0 spiro atoms. The monoisotopic (exact) mass is 185 g/mol. The van der Waals surface area contributed by atoms with Gasteiger partial charge in [0.2, 0.25) is 5.91 Å². The first-order valence-electron chi connectivity index (χ1n) is 4.81. The average Bonchev–Trinajstić information content (AvgIpc) is 2.30. The molecule has 1 saturated heterocycles. The number of hydrogen-bond acceptors (Lipinski definition) is 2. The average molecular weight is 185 g/mol. The SMILES string of the molecule is CC1OCCN1C(=O)CC(C)(C)C. The predicted molar refractivity (Wildman–Crippen MR) is 51.2 cm³/mol. The minimum atomic E-state index is -0.0325. The molecule has 1 atom stereocenters. The molecule has 3 nitrogen and oxygen atoms in total. The van der Waals surface area contributed by atoms with Gasteiger partial charge in [0.1, 0.15) is 6.23 Å². The van der Waals surface area contributed by atoms with E-state index in [2.05, 4.69) is 20.8 Å². The topological polar surface area (TPSA) is 29.5 Å². The molecular formula is C10H19NO2. The van der Waals surface area contributed by atoms with Crippen molar-refractivity contribution in [1.29, 1.82) is 0 Å². The van der Waals surface area contributed by atoms with Crippen LogP contribution >= 0.6 is 0 Å². The summed E-state index contributed by atoms with van der Waals surface area (Å²) in [6.07, 6.45) is 0.565. The lowest BCUT2D eigenvalue weighted by Crippen LogP contribution is -2.36. The molecule has 3 heteroatoms. The van der Waals surface area contributed by atoms with Gasteiger partial charge in [-0.15, -0.1) is 0 Å². The van der Waals surface area contributed by atoms with Gasteiger partial charge in [-0.2, -0.15) is 0 Å². The second-order valence-corrected chi connectivity index (χ2v) is 4.79. The molecule has 0 saturated carbocycles. The van der Waals surface area contributed by atoms with Crippen LogP contribution in [0.2, 0.25) is 0 Å². The van der Waals surface area contributed by atoms with E-state index in [1.165, 1.54) is 0 Å². The van der Waals surface area contributed by atoms with Gasteiger partial charge < -0.3 is 9.64 Å². The van der Waals surface area contributed by atoms with Crippen molar-refractivity contribution in [2.24, 2.45) is 5.41 Å². The van der Waals surface area contributed by atoms with Crippen LogP contribution in [0.4, 0.5) is 0 Å². The summed E-state index contributed by atoms with van der Waals surface area (Å²) in [5, 5.41) is 0. The number of hydrogen-bond donors (Lipinski definition) is 0. The van der Waals surface area contributed by atoms with Gasteiger partial charge in [-0.1, -0.05) is 20.8 Å². The van der Waals surface area contributed by atoms with Crippen molar-refractivity contribution in [2.75, 3.05) is 13.2 Å². The highest BCUT2D eigenvalue weighted by molar-refractivity contribution is 5.77. The van der Waals surface area contributed by atoms with Gasteiger partial charge in [0.25, 0.3) is 0 Å². The maximum atomic E-state index is 11.7. The van der Waals surface area contributed by atoms with Crippen molar-refractivity contribution in [1.82, 2.24) is 4.90 Å². The Morgan fingerprint density at radius 2 is 2.15 bits per heavy atom. The van der Waals surface area contributed by atoms with E-state index in [1.54, 1.807) is 0 Å². The third kappa shape index (κ3) is 2.99. The molecule has 1 heterocycles. The van der Waals surface area contributed by atoms with E-state index in [0.717, 1.165) is 6.54 Å². The van der Waals surface area contributed by atoms with Gasteiger partial charge in [-0.05, 0) is 12.3 Å². The van der Waals surface area contributed by atoms with Crippen LogP contribution in [0.25, 0.3) is 0 Å². The Morgan fingerprint density at radius 1 is 1.54 bits per heavy atom. The third-order valence-electron chi connectivity index (χ3n) is 2.13. The molecular weight excluding hydrogens is 166 g/mol. The Morgan fingerprint density at radius 3 is 2.54 bits per heavy atom. The van der Waals surface area contributed by atoms with Crippen LogP contribution in [0, 0.1) is 5.41 Å². The largest absolute Gasteiger partial charge is 0.357 e.